The number of halogens is 1. The number of hydrogen-bond donors (Lipinski definition) is 1. The van der Waals surface area contributed by atoms with Crippen molar-refractivity contribution in [1.82, 2.24) is 5.32 Å². The van der Waals surface area contributed by atoms with Crippen LogP contribution in [0, 0.1) is 0 Å². The molecule has 0 saturated carbocycles. The molecule has 0 radical (unpaired) electrons. The highest BCUT2D eigenvalue weighted by Crippen LogP contribution is 2.22. The zero-order chi connectivity index (χ0) is 21.4. The van der Waals surface area contributed by atoms with Crippen molar-refractivity contribution in [3.05, 3.63) is 59.1 Å². The summed E-state index contributed by atoms with van der Waals surface area (Å²) in [4.78, 5) is 12.1. The van der Waals surface area contributed by atoms with Crippen LogP contribution in [-0.2, 0) is 21.4 Å². The third kappa shape index (κ3) is 7.95. The molecule has 0 aliphatic rings. The van der Waals surface area contributed by atoms with Gasteiger partial charge in [-0.25, -0.2) is 8.42 Å². The number of rotatable bonds is 10. The van der Waals surface area contributed by atoms with Crippen molar-refractivity contribution in [2.24, 2.45) is 0 Å². The van der Waals surface area contributed by atoms with E-state index in [9.17, 15) is 13.2 Å². The molecule has 0 aromatic heterocycles. The lowest BCUT2D eigenvalue weighted by Gasteiger charge is -2.22. The molecule has 0 unspecified atom stereocenters. The minimum absolute atomic E-state index is 0.110. The maximum Gasteiger partial charge on any atom is 0.232 e. The van der Waals surface area contributed by atoms with Gasteiger partial charge in [0.2, 0.25) is 15.9 Å². The van der Waals surface area contributed by atoms with Gasteiger partial charge in [-0.1, -0.05) is 29.8 Å². The molecule has 158 valence electrons. The number of nitrogens with one attached hydrogen (secondary N) is 1. The van der Waals surface area contributed by atoms with Gasteiger partial charge in [-0.2, -0.15) is 0 Å². The summed E-state index contributed by atoms with van der Waals surface area (Å²) in [5, 5.41) is 3.31. The standard InChI is InChI=1S/C21H27ClN2O4S/c1-16(2)28-20-11-9-17(10-12-20)15-23-21(25)8-5-13-24(29(3,26)27)19-7-4-6-18(22)14-19/h4,6-7,9-12,14,16H,5,8,13,15H2,1-3H3,(H,23,25). The van der Waals surface area contributed by atoms with Crippen LogP contribution in [0.25, 0.3) is 0 Å². The highest BCUT2D eigenvalue weighted by molar-refractivity contribution is 7.92. The van der Waals surface area contributed by atoms with Crippen molar-refractivity contribution in [3.8, 4) is 5.75 Å². The summed E-state index contributed by atoms with van der Waals surface area (Å²) in [6.45, 7) is 4.54. The Bertz CT molecular complexity index is 915. The first kappa shape index (κ1) is 23.0. The Labute approximate surface area is 177 Å². The largest absolute Gasteiger partial charge is 0.491 e. The molecule has 1 amide bonds. The van der Waals surface area contributed by atoms with Crippen LogP contribution in [0.15, 0.2) is 48.5 Å². The van der Waals surface area contributed by atoms with Crippen LogP contribution in [-0.4, -0.2) is 33.2 Å². The smallest absolute Gasteiger partial charge is 0.232 e. The van der Waals surface area contributed by atoms with Crippen molar-refractivity contribution < 1.29 is 17.9 Å². The van der Waals surface area contributed by atoms with E-state index >= 15 is 0 Å². The quantitative estimate of drug-likeness (QED) is 0.608. The normalized spacial score (nSPS) is 11.3. The molecular formula is C21H27ClN2O4S. The third-order valence-corrected chi connectivity index (χ3v) is 5.48. The maximum atomic E-state index is 12.1. The number of hydrogen-bond acceptors (Lipinski definition) is 4. The van der Waals surface area contributed by atoms with E-state index in [2.05, 4.69) is 5.32 Å². The monoisotopic (exact) mass is 438 g/mol. The fourth-order valence-corrected chi connectivity index (χ4v) is 3.89. The minimum Gasteiger partial charge on any atom is -0.491 e. The zero-order valence-electron chi connectivity index (χ0n) is 16.9. The Morgan fingerprint density at radius 2 is 1.86 bits per heavy atom. The second-order valence-corrected chi connectivity index (χ2v) is 9.35. The zero-order valence-corrected chi connectivity index (χ0v) is 18.5. The molecule has 0 aliphatic heterocycles. The summed E-state index contributed by atoms with van der Waals surface area (Å²) in [5.74, 6) is 0.656. The molecule has 8 heteroatoms. The van der Waals surface area contributed by atoms with Crippen LogP contribution in [0.3, 0.4) is 0 Å². The predicted molar refractivity (Wildman–Crippen MR) is 117 cm³/mol. The molecule has 0 saturated heterocycles. The van der Waals surface area contributed by atoms with Crippen molar-refractivity contribution >= 4 is 33.2 Å². The number of anilines is 1. The van der Waals surface area contributed by atoms with Crippen molar-refractivity contribution in [1.29, 1.82) is 0 Å². The molecule has 6 nitrogen and oxygen atoms in total. The van der Waals surface area contributed by atoms with E-state index in [1.54, 1.807) is 24.3 Å². The van der Waals surface area contributed by atoms with Crippen LogP contribution in [0.2, 0.25) is 5.02 Å². The highest BCUT2D eigenvalue weighted by Gasteiger charge is 2.17. The van der Waals surface area contributed by atoms with Gasteiger partial charge in [0.15, 0.2) is 0 Å². The van der Waals surface area contributed by atoms with E-state index < -0.39 is 10.0 Å². The average molecular weight is 439 g/mol. The number of ether oxygens (including phenoxy) is 1. The predicted octanol–water partition coefficient (Wildman–Crippen LogP) is 3.99. The van der Waals surface area contributed by atoms with Gasteiger partial charge >= 0.3 is 0 Å². The molecule has 2 aromatic rings. The SMILES string of the molecule is CC(C)Oc1ccc(CNC(=O)CCCN(c2cccc(Cl)c2)S(C)(=O)=O)cc1. The van der Waals surface area contributed by atoms with Crippen LogP contribution in [0.1, 0.15) is 32.3 Å². The van der Waals surface area contributed by atoms with Gasteiger partial charge < -0.3 is 10.1 Å². The Balaban J connectivity index is 1.83. The first-order valence-electron chi connectivity index (χ1n) is 9.41. The molecule has 0 spiro atoms. The molecule has 2 rings (SSSR count). The van der Waals surface area contributed by atoms with E-state index in [-0.39, 0.29) is 25.0 Å². The van der Waals surface area contributed by atoms with E-state index in [0.717, 1.165) is 17.6 Å². The van der Waals surface area contributed by atoms with Crippen LogP contribution in [0.5, 0.6) is 5.75 Å². The summed E-state index contributed by atoms with van der Waals surface area (Å²) in [7, 11) is -3.47. The second kappa shape index (κ2) is 10.5. The second-order valence-electron chi connectivity index (χ2n) is 7.01. The van der Waals surface area contributed by atoms with Crippen LogP contribution in [0.4, 0.5) is 5.69 Å². The Morgan fingerprint density at radius 3 is 2.45 bits per heavy atom. The number of nitrogens with zero attached hydrogens (tertiary/aromatic N) is 1. The first-order chi connectivity index (χ1) is 13.6. The van der Waals surface area contributed by atoms with Crippen molar-refractivity contribution in [3.63, 3.8) is 0 Å². The van der Waals surface area contributed by atoms with Gasteiger partial charge in [0.05, 0.1) is 18.0 Å². The molecule has 29 heavy (non-hydrogen) atoms. The molecule has 1 N–H and O–H groups in total. The summed E-state index contributed by atoms with van der Waals surface area (Å²) in [5.41, 5.74) is 1.45. The van der Waals surface area contributed by atoms with Crippen LogP contribution >= 0.6 is 11.6 Å². The van der Waals surface area contributed by atoms with Gasteiger partial charge in [-0.3, -0.25) is 9.10 Å². The van der Waals surface area contributed by atoms with Crippen molar-refractivity contribution in [2.75, 3.05) is 17.1 Å². The van der Waals surface area contributed by atoms with E-state index in [0.29, 0.717) is 23.7 Å². The number of carbonyl (C=O) groups excluding carboxylic acids is 1. The van der Waals surface area contributed by atoms with Gasteiger partial charge in [-0.05, 0) is 56.2 Å². The average Bonchev–Trinajstić information content (AvgIpc) is 2.63. The third-order valence-electron chi connectivity index (χ3n) is 4.05. The lowest BCUT2D eigenvalue weighted by Crippen LogP contribution is -2.32. The topological polar surface area (TPSA) is 75.7 Å². The highest BCUT2D eigenvalue weighted by atomic mass is 35.5. The Kier molecular flexibility index (Phi) is 8.34. The molecule has 0 bridgehead atoms. The van der Waals surface area contributed by atoms with E-state index in [4.69, 9.17) is 16.3 Å². The molecule has 0 aliphatic carbocycles. The van der Waals surface area contributed by atoms with E-state index in [1.165, 1.54) is 4.31 Å². The first-order valence-corrected chi connectivity index (χ1v) is 11.6. The molecule has 0 atom stereocenters. The van der Waals surface area contributed by atoms with E-state index in [1.807, 2.05) is 38.1 Å². The lowest BCUT2D eigenvalue weighted by molar-refractivity contribution is -0.121. The molecule has 2 aromatic carbocycles. The van der Waals surface area contributed by atoms with Crippen LogP contribution < -0.4 is 14.4 Å². The van der Waals surface area contributed by atoms with Gasteiger partial charge in [0.25, 0.3) is 0 Å². The van der Waals surface area contributed by atoms with Crippen molar-refractivity contribution in [2.45, 2.75) is 39.3 Å². The summed E-state index contributed by atoms with van der Waals surface area (Å²) in [6.07, 6.45) is 1.87. The Hall–Kier alpha value is -2.25. The summed E-state index contributed by atoms with van der Waals surface area (Å²) in [6, 6.07) is 14.2. The number of benzene rings is 2. The Morgan fingerprint density at radius 1 is 1.17 bits per heavy atom. The van der Waals surface area contributed by atoms with Gasteiger partial charge in [0.1, 0.15) is 5.75 Å². The summed E-state index contributed by atoms with van der Waals surface area (Å²) >= 11 is 5.96. The molecule has 0 fully saturated rings. The van der Waals surface area contributed by atoms with Gasteiger partial charge in [0, 0.05) is 24.5 Å². The fourth-order valence-electron chi connectivity index (χ4n) is 2.75. The van der Waals surface area contributed by atoms with Gasteiger partial charge in [-0.15, -0.1) is 0 Å². The molecule has 0 heterocycles. The number of sulfonamides is 1. The summed E-state index contributed by atoms with van der Waals surface area (Å²) < 4.78 is 31.0. The lowest BCUT2D eigenvalue weighted by atomic mass is 10.2. The minimum atomic E-state index is -3.47. The fraction of sp³-hybridized carbons (Fsp3) is 0.381. The number of carbonyl (C=O) groups is 1. The maximum absolute atomic E-state index is 12.1. The molecular weight excluding hydrogens is 412 g/mol. The number of amides is 1.